The molecule has 3 unspecified atom stereocenters. The van der Waals surface area contributed by atoms with E-state index in [9.17, 15) is 9.59 Å². The number of ether oxygens (including phenoxy) is 2. The van der Waals surface area contributed by atoms with E-state index in [4.69, 9.17) is 18.8 Å². The highest BCUT2D eigenvalue weighted by atomic mass is 16.7. The molecule has 2 aromatic rings. The Labute approximate surface area is 210 Å². The minimum atomic E-state index is -0.807. The zero-order valence-electron chi connectivity index (χ0n) is 21.2. The first-order valence-electron chi connectivity index (χ1n) is 12.6. The van der Waals surface area contributed by atoms with Crippen molar-refractivity contribution in [1.29, 1.82) is 0 Å². The number of benzene rings is 1. The van der Waals surface area contributed by atoms with E-state index in [2.05, 4.69) is 6.58 Å². The number of rotatable bonds is 5. The van der Waals surface area contributed by atoms with Crippen LogP contribution in [0.4, 0.5) is 0 Å². The van der Waals surface area contributed by atoms with Crippen molar-refractivity contribution >= 4 is 7.12 Å². The van der Waals surface area contributed by atoms with Crippen molar-refractivity contribution in [3.05, 3.63) is 75.6 Å². The molecule has 1 aromatic carbocycles. The van der Waals surface area contributed by atoms with Crippen molar-refractivity contribution < 1.29 is 18.8 Å². The summed E-state index contributed by atoms with van der Waals surface area (Å²) < 4.78 is 29.0. The molecule has 0 amide bonds. The summed E-state index contributed by atoms with van der Waals surface area (Å²) in [6.45, 7) is 13.7. The minimum Gasteiger partial charge on any atom is -0.403 e. The van der Waals surface area contributed by atoms with E-state index in [0.717, 1.165) is 5.57 Å². The topological polar surface area (TPSA) is 85.9 Å². The third kappa shape index (κ3) is 3.11. The summed E-state index contributed by atoms with van der Waals surface area (Å²) in [5, 5.41) is -0.807. The van der Waals surface area contributed by atoms with Gasteiger partial charge in [-0.3, -0.25) is 0 Å². The molecule has 190 valence electrons. The molecule has 0 radical (unpaired) electrons. The first kappa shape index (κ1) is 23.7. The van der Waals surface area contributed by atoms with Gasteiger partial charge in [0.05, 0.1) is 47.5 Å². The highest BCUT2D eigenvalue weighted by Gasteiger charge is 2.66. The van der Waals surface area contributed by atoms with Gasteiger partial charge in [-0.15, -0.1) is 0 Å². The molecule has 36 heavy (non-hydrogen) atoms. The van der Waals surface area contributed by atoms with Gasteiger partial charge in [0, 0.05) is 0 Å². The molecule has 4 aliphatic heterocycles. The zero-order chi connectivity index (χ0) is 25.5. The van der Waals surface area contributed by atoms with Crippen LogP contribution in [-0.4, -0.2) is 51.8 Å². The maximum absolute atomic E-state index is 13.9. The maximum Gasteiger partial charge on any atom is 0.471 e. The Morgan fingerprint density at radius 2 is 1.56 bits per heavy atom. The fourth-order valence-electron chi connectivity index (χ4n) is 5.97. The summed E-state index contributed by atoms with van der Waals surface area (Å²) in [5.74, 6) is 0. The first-order chi connectivity index (χ1) is 17.1. The molecule has 1 aliphatic carbocycles. The van der Waals surface area contributed by atoms with E-state index in [1.54, 1.807) is 16.8 Å². The van der Waals surface area contributed by atoms with E-state index in [-0.39, 0.29) is 6.29 Å². The van der Waals surface area contributed by atoms with Gasteiger partial charge in [-0.05, 0) is 58.2 Å². The molecule has 2 saturated heterocycles. The van der Waals surface area contributed by atoms with Gasteiger partial charge in [-0.1, -0.05) is 36.9 Å². The van der Waals surface area contributed by atoms with Crippen molar-refractivity contribution in [1.82, 2.24) is 13.9 Å². The number of nitrogens with zero attached hydrogens (tertiary/aromatic N) is 3. The molecule has 1 aromatic heterocycles. The lowest BCUT2D eigenvalue weighted by atomic mass is 9.45. The predicted octanol–water partition coefficient (Wildman–Crippen LogP) is 3.01. The Kier molecular flexibility index (Phi) is 5.22. The lowest BCUT2D eigenvalue weighted by Crippen LogP contribution is -2.54. The lowest BCUT2D eigenvalue weighted by molar-refractivity contribution is -0.0512. The number of aromatic nitrogens is 3. The van der Waals surface area contributed by atoms with Crippen LogP contribution in [0.15, 0.2) is 64.2 Å². The van der Waals surface area contributed by atoms with Gasteiger partial charge in [-0.25, -0.2) is 23.5 Å². The molecular weight excluding hydrogens is 461 g/mol. The van der Waals surface area contributed by atoms with Crippen LogP contribution in [0.3, 0.4) is 0 Å². The largest absolute Gasteiger partial charge is 0.471 e. The van der Waals surface area contributed by atoms with Gasteiger partial charge in [0.1, 0.15) is 0 Å². The molecule has 2 bridgehead atoms. The molecule has 5 heterocycles. The van der Waals surface area contributed by atoms with E-state index >= 15 is 0 Å². The lowest BCUT2D eigenvalue weighted by Gasteiger charge is -2.51. The van der Waals surface area contributed by atoms with Gasteiger partial charge in [-0.2, -0.15) is 0 Å². The predicted molar refractivity (Wildman–Crippen MR) is 134 cm³/mol. The molecule has 3 atom stereocenters. The quantitative estimate of drug-likeness (QED) is 0.471. The second kappa shape index (κ2) is 7.92. The number of hydrogen-bond donors (Lipinski definition) is 0. The average molecular weight is 493 g/mol. The number of para-hydroxylation sites is 1. The molecule has 0 saturated carbocycles. The SMILES string of the molecule is C=C1C2C=CC(n3c(=O)n(-c4ccccc4)c(=O)n32)C1(CCC1OCCO1)B1OC(C)(C)C(C)(C)O1. The highest BCUT2D eigenvalue weighted by molar-refractivity contribution is 6.51. The summed E-state index contributed by atoms with van der Waals surface area (Å²) in [5.41, 5.74) is -0.623. The molecule has 9 nitrogen and oxygen atoms in total. The Bertz CT molecular complexity index is 1330. The Hall–Kier alpha value is -2.66. The van der Waals surface area contributed by atoms with E-state index in [1.165, 1.54) is 9.25 Å². The standard InChI is InChI=1S/C26H32BN3O6/c1-17-19-11-12-20(30-23(32)28(22(31)29(19)30)18-9-7-6-8-10-18)26(17,14-13-21-33-15-16-34-21)27-35-24(2,3)25(4,5)36-27/h6-12,19-21H,1,13-16H2,2-5H3. The van der Waals surface area contributed by atoms with E-state index in [1.807, 2.05) is 58.0 Å². The Morgan fingerprint density at radius 1 is 0.944 bits per heavy atom. The van der Waals surface area contributed by atoms with Crippen molar-refractivity contribution in [2.75, 3.05) is 13.2 Å². The number of fused-ring (bicyclic) bond motifs is 1. The second-order valence-electron chi connectivity index (χ2n) is 11.1. The van der Waals surface area contributed by atoms with Gasteiger partial charge < -0.3 is 18.8 Å². The van der Waals surface area contributed by atoms with E-state index in [0.29, 0.717) is 31.7 Å². The van der Waals surface area contributed by atoms with E-state index < -0.39 is 47.1 Å². The normalized spacial score (nSPS) is 30.3. The first-order valence-corrected chi connectivity index (χ1v) is 12.6. The second-order valence-corrected chi connectivity index (χ2v) is 11.1. The Balaban J connectivity index is 1.52. The van der Waals surface area contributed by atoms with Crippen molar-refractivity contribution in [2.24, 2.45) is 0 Å². The third-order valence-electron chi connectivity index (χ3n) is 8.66. The number of hydrogen-bond acceptors (Lipinski definition) is 6. The summed E-state index contributed by atoms with van der Waals surface area (Å²) in [6, 6.07) is 7.95. The monoisotopic (exact) mass is 493 g/mol. The summed E-state index contributed by atoms with van der Waals surface area (Å²) in [4.78, 5) is 27.5. The average Bonchev–Trinajstić information content (AvgIpc) is 3.51. The third-order valence-corrected chi connectivity index (χ3v) is 8.66. The minimum absolute atomic E-state index is 0.339. The van der Waals surface area contributed by atoms with Crippen LogP contribution >= 0.6 is 0 Å². The fraction of sp³-hybridized carbons (Fsp3) is 0.538. The van der Waals surface area contributed by atoms with Gasteiger partial charge in [0.15, 0.2) is 6.29 Å². The molecule has 0 N–H and O–H groups in total. The highest BCUT2D eigenvalue weighted by Crippen LogP contribution is 2.63. The summed E-state index contributed by atoms with van der Waals surface area (Å²) in [6.07, 6.45) is 4.75. The Morgan fingerprint density at radius 3 is 2.19 bits per heavy atom. The van der Waals surface area contributed by atoms with Crippen LogP contribution in [0, 0.1) is 0 Å². The van der Waals surface area contributed by atoms with Crippen LogP contribution in [0.2, 0.25) is 5.31 Å². The smallest absolute Gasteiger partial charge is 0.403 e. The molecule has 5 aliphatic rings. The number of allylic oxidation sites excluding steroid dienone is 3. The van der Waals surface area contributed by atoms with Crippen LogP contribution < -0.4 is 11.4 Å². The molecule has 0 spiro atoms. The van der Waals surface area contributed by atoms with Crippen molar-refractivity contribution in [3.8, 4) is 5.69 Å². The van der Waals surface area contributed by atoms with Crippen LogP contribution in [0.5, 0.6) is 0 Å². The van der Waals surface area contributed by atoms with Crippen LogP contribution in [0.1, 0.15) is 52.6 Å². The van der Waals surface area contributed by atoms with Gasteiger partial charge >= 0.3 is 18.5 Å². The molecule has 2 fully saturated rings. The maximum atomic E-state index is 13.9. The van der Waals surface area contributed by atoms with Crippen LogP contribution in [0.25, 0.3) is 5.69 Å². The van der Waals surface area contributed by atoms with Crippen molar-refractivity contribution in [3.63, 3.8) is 0 Å². The van der Waals surface area contributed by atoms with Gasteiger partial charge in [0.2, 0.25) is 0 Å². The molecule has 10 heteroatoms. The molecular formula is C26H32BN3O6. The summed E-state index contributed by atoms with van der Waals surface area (Å²) >= 11 is 0. The zero-order valence-corrected chi connectivity index (χ0v) is 21.2. The van der Waals surface area contributed by atoms with Gasteiger partial charge in [0.25, 0.3) is 0 Å². The fourth-order valence-corrected chi connectivity index (χ4v) is 5.97. The van der Waals surface area contributed by atoms with Crippen LogP contribution in [-0.2, 0) is 18.8 Å². The van der Waals surface area contributed by atoms with Crippen molar-refractivity contribution in [2.45, 2.75) is 75.4 Å². The molecule has 7 rings (SSSR count). The summed E-state index contributed by atoms with van der Waals surface area (Å²) in [7, 11) is -0.676.